The van der Waals surface area contributed by atoms with Gasteiger partial charge in [0.2, 0.25) is 11.9 Å². The highest BCUT2D eigenvalue weighted by Crippen LogP contribution is 2.46. The first-order valence-corrected chi connectivity index (χ1v) is 7.01. The highest BCUT2D eigenvalue weighted by atomic mass is 16.5. The normalized spacial score (nSPS) is 21.8. The van der Waals surface area contributed by atoms with Crippen molar-refractivity contribution in [3.63, 3.8) is 0 Å². The number of anilines is 2. The molecule has 2 aliphatic rings. The lowest BCUT2D eigenvalue weighted by Gasteiger charge is -2.39. The Hall–Kier alpha value is -1.59. The van der Waals surface area contributed by atoms with Crippen molar-refractivity contribution in [3.05, 3.63) is 0 Å². The zero-order valence-corrected chi connectivity index (χ0v) is 11.4. The second kappa shape index (κ2) is 4.83. The first-order valence-electron chi connectivity index (χ1n) is 7.01. The van der Waals surface area contributed by atoms with Crippen LogP contribution in [0.25, 0.3) is 0 Å². The van der Waals surface area contributed by atoms with Crippen LogP contribution in [-0.4, -0.2) is 35.2 Å². The summed E-state index contributed by atoms with van der Waals surface area (Å²) in [5.74, 6) is 0.875. The van der Waals surface area contributed by atoms with Gasteiger partial charge in [0.05, 0.1) is 7.11 Å². The van der Waals surface area contributed by atoms with Gasteiger partial charge in [0, 0.05) is 13.1 Å². The molecule has 2 heterocycles. The number of nitrogens with zero attached hydrogens (tertiary/aromatic N) is 4. The van der Waals surface area contributed by atoms with E-state index in [2.05, 4.69) is 19.9 Å². The second-order valence-corrected chi connectivity index (χ2v) is 5.67. The minimum atomic E-state index is 0.225. The zero-order chi connectivity index (χ0) is 13.3. The van der Waals surface area contributed by atoms with Crippen LogP contribution in [0.5, 0.6) is 6.01 Å². The molecule has 6 nitrogen and oxygen atoms in total. The molecule has 0 aromatic carbocycles. The van der Waals surface area contributed by atoms with Crippen LogP contribution in [-0.2, 0) is 0 Å². The van der Waals surface area contributed by atoms with Gasteiger partial charge in [-0.25, -0.2) is 0 Å². The molecule has 3 rings (SSSR count). The largest absolute Gasteiger partial charge is 0.467 e. The van der Waals surface area contributed by atoms with Crippen LogP contribution in [0.2, 0.25) is 0 Å². The van der Waals surface area contributed by atoms with Crippen molar-refractivity contribution >= 4 is 11.9 Å². The van der Waals surface area contributed by atoms with E-state index in [1.165, 1.54) is 38.5 Å². The average molecular weight is 263 g/mol. The third-order valence-corrected chi connectivity index (χ3v) is 4.57. The van der Waals surface area contributed by atoms with Gasteiger partial charge in [0.15, 0.2) is 0 Å². The van der Waals surface area contributed by atoms with Crippen LogP contribution in [0.4, 0.5) is 11.9 Å². The Balaban J connectivity index is 1.72. The summed E-state index contributed by atoms with van der Waals surface area (Å²) in [4.78, 5) is 14.6. The van der Waals surface area contributed by atoms with Crippen molar-refractivity contribution in [1.29, 1.82) is 0 Å². The average Bonchev–Trinajstić information content (AvgIpc) is 2.87. The Morgan fingerprint density at radius 3 is 2.37 bits per heavy atom. The molecule has 1 saturated heterocycles. The Labute approximate surface area is 113 Å². The highest BCUT2D eigenvalue weighted by molar-refractivity contribution is 5.36. The molecule has 1 saturated carbocycles. The molecular formula is C13H21N5O. The van der Waals surface area contributed by atoms with Gasteiger partial charge in [-0.2, -0.15) is 15.0 Å². The van der Waals surface area contributed by atoms with E-state index in [4.69, 9.17) is 10.5 Å². The predicted molar refractivity (Wildman–Crippen MR) is 73.1 cm³/mol. The molecular weight excluding hydrogens is 242 g/mol. The number of piperidine rings is 1. The summed E-state index contributed by atoms with van der Waals surface area (Å²) < 4.78 is 5.05. The molecule has 19 heavy (non-hydrogen) atoms. The number of aromatic nitrogens is 3. The van der Waals surface area contributed by atoms with E-state index in [9.17, 15) is 0 Å². The van der Waals surface area contributed by atoms with Crippen LogP contribution in [0.15, 0.2) is 0 Å². The number of hydrogen-bond acceptors (Lipinski definition) is 6. The maximum atomic E-state index is 5.69. The maximum absolute atomic E-state index is 5.69. The minimum absolute atomic E-state index is 0.225. The SMILES string of the molecule is COc1nc(N)nc(N2CCC3(CCCC3)CC2)n1. The Morgan fingerprint density at radius 1 is 1.05 bits per heavy atom. The monoisotopic (exact) mass is 263 g/mol. The van der Waals surface area contributed by atoms with Gasteiger partial charge in [0.1, 0.15) is 0 Å². The summed E-state index contributed by atoms with van der Waals surface area (Å²) in [6, 6.07) is 0.295. The first-order chi connectivity index (χ1) is 9.21. The Kier molecular flexibility index (Phi) is 3.16. The van der Waals surface area contributed by atoms with Crippen LogP contribution in [0.1, 0.15) is 38.5 Å². The quantitative estimate of drug-likeness (QED) is 0.873. The van der Waals surface area contributed by atoms with Crippen molar-refractivity contribution in [2.45, 2.75) is 38.5 Å². The summed E-state index contributed by atoms with van der Waals surface area (Å²) >= 11 is 0. The number of methoxy groups -OCH3 is 1. The molecule has 1 spiro atoms. The van der Waals surface area contributed by atoms with E-state index in [0.29, 0.717) is 17.4 Å². The van der Waals surface area contributed by atoms with Gasteiger partial charge < -0.3 is 15.4 Å². The highest BCUT2D eigenvalue weighted by Gasteiger charge is 2.37. The molecule has 0 bridgehead atoms. The topological polar surface area (TPSA) is 77.2 Å². The van der Waals surface area contributed by atoms with Gasteiger partial charge in [-0.05, 0) is 31.1 Å². The zero-order valence-electron chi connectivity index (χ0n) is 11.4. The molecule has 0 atom stereocenters. The van der Waals surface area contributed by atoms with E-state index in [1.54, 1.807) is 7.11 Å². The van der Waals surface area contributed by atoms with Crippen molar-refractivity contribution in [3.8, 4) is 6.01 Å². The van der Waals surface area contributed by atoms with Gasteiger partial charge in [-0.15, -0.1) is 0 Å². The van der Waals surface area contributed by atoms with Crippen molar-refractivity contribution in [2.24, 2.45) is 5.41 Å². The Bertz CT molecular complexity index is 448. The van der Waals surface area contributed by atoms with Gasteiger partial charge in [-0.1, -0.05) is 12.8 Å². The van der Waals surface area contributed by atoms with E-state index in [1.807, 2.05) is 0 Å². The van der Waals surface area contributed by atoms with E-state index in [-0.39, 0.29) is 5.95 Å². The molecule has 1 aromatic heterocycles. The fourth-order valence-electron chi connectivity index (χ4n) is 3.40. The number of rotatable bonds is 2. The van der Waals surface area contributed by atoms with Crippen LogP contribution in [0.3, 0.4) is 0 Å². The van der Waals surface area contributed by atoms with Crippen LogP contribution < -0.4 is 15.4 Å². The molecule has 0 unspecified atom stereocenters. The standard InChI is InChI=1S/C13H21N5O/c1-19-12-16-10(14)15-11(17-12)18-8-6-13(7-9-18)4-2-3-5-13/h2-9H2,1H3,(H2,14,15,16,17). The summed E-state index contributed by atoms with van der Waals surface area (Å²) in [5.41, 5.74) is 6.28. The van der Waals surface area contributed by atoms with E-state index < -0.39 is 0 Å². The Morgan fingerprint density at radius 2 is 1.74 bits per heavy atom. The molecule has 2 N–H and O–H groups in total. The fraction of sp³-hybridized carbons (Fsp3) is 0.769. The smallest absolute Gasteiger partial charge is 0.322 e. The van der Waals surface area contributed by atoms with Crippen LogP contribution >= 0.6 is 0 Å². The summed E-state index contributed by atoms with van der Waals surface area (Å²) in [5, 5.41) is 0. The third-order valence-electron chi connectivity index (χ3n) is 4.57. The van der Waals surface area contributed by atoms with Crippen molar-refractivity contribution < 1.29 is 4.74 Å². The third kappa shape index (κ3) is 2.43. The number of nitrogen functional groups attached to an aromatic ring is 1. The van der Waals surface area contributed by atoms with E-state index in [0.717, 1.165) is 13.1 Å². The van der Waals surface area contributed by atoms with Crippen molar-refractivity contribution in [2.75, 3.05) is 30.8 Å². The molecule has 1 aliphatic carbocycles. The summed E-state index contributed by atoms with van der Waals surface area (Å²) in [7, 11) is 1.54. The van der Waals surface area contributed by atoms with Gasteiger partial charge in [-0.3, -0.25) is 0 Å². The molecule has 0 amide bonds. The lowest BCUT2D eigenvalue weighted by Crippen LogP contribution is -2.39. The molecule has 6 heteroatoms. The molecule has 104 valence electrons. The van der Waals surface area contributed by atoms with Crippen LogP contribution in [0, 0.1) is 5.41 Å². The fourth-order valence-corrected chi connectivity index (χ4v) is 3.40. The molecule has 1 aliphatic heterocycles. The predicted octanol–water partition coefficient (Wildman–Crippen LogP) is 1.62. The maximum Gasteiger partial charge on any atom is 0.322 e. The summed E-state index contributed by atoms with van der Waals surface area (Å²) in [6.45, 7) is 2.01. The number of hydrogen-bond donors (Lipinski definition) is 1. The number of nitrogens with two attached hydrogens (primary N) is 1. The minimum Gasteiger partial charge on any atom is -0.467 e. The molecule has 2 fully saturated rings. The first kappa shape index (κ1) is 12.4. The molecule has 1 aromatic rings. The van der Waals surface area contributed by atoms with E-state index >= 15 is 0 Å². The molecule has 0 radical (unpaired) electrons. The second-order valence-electron chi connectivity index (χ2n) is 5.67. The van der Waals surface area contributed by atoms with Gasteiger partial charge >= 0.3 is 6.01 Å². The lowest BCUT2D eigenvalue weighted by molar-refractivity contribution is 0.225. The van der Waals surface area contributed by atoms with Gasteiger partial charge in [0.25, 0.3) is 0 Å². The van der Waals surface area contributed by atoms with Crippen molar-refractivity contribution in [1.82, 2.24) is 15.0 Å². The number of ether oxygens (including phenoxy) is 1. The summed E-state index contributed by atoms with van der Waals surface area (Å²) in [6.07, 6.45) is 8.05. The lowest BCUT2D eigenvalue weighted by atomic mass is 9.77.